The molecular formula is C10H18N2S2. The van der Waals surface area contributed by atoms with Crippen molar-refractivity contribution in [2.24, 2.45) is 4.99 Å². The number of thioether (sulfide) groups is 2. The van der Waals surface area contributed by atoms with Crippen LogP contribution in [0, 0.1) is 0 Å². The van der Waals surface area contributed by atoms with E-state index in [0.29, 0.717) is 6.04 Å². The highest BCUT2D eigenvalue weighted by Crippen LogP contribution is 2.24. The Kier molecular flexibility index (Phi) is 4.05. The minimum Gasteiger partial charge on any atom is -0.361 e. The van der Waals surface area contributed by atoms with E-state index in [-0.39, 0.29) is 0 Å². The Hall–Kier alpha value is 0.170. The van der Waals surface area contributed by atoms with Crippen LogP contribution in [-0.4, -0.2) is 34.5 Å². The first-order chi connectivity index (χ1) is 6.88. The average Bonchev–Trinajstić information content (AvgIpc) is 2.67. The molecule has 0 aromatic rings. The fourth-order valence-corrected chi connectivity index (χ4v) is 3.83. The Morgan fingerprint density at radius 3 is 3.14 bits per heavy atom. The lowest BCUT2D eigenvalue weighted by Crippen LogP contribution is -2.36. The normalized spacial score (nSPS) is 32.8. The molecule has 2 aliphatic rings. The van der Waals surface area contributed by atoms with E-state index in [4.69, 9.17) is 0 Å². The molecule has 2 heterocycles. The predicted molar refractivity (Wildman–Crippen MR) is 67.5 cm³/mol. The fourth-order valence-electron chi connectivity index (χ4n) is 1.74. The molecule has 4 heteroatoms. The van der Waals surface area contributed by atoms with Crippen LogP contribution in [0.3, 0.4) is 0 Å². The first-order valence-corrected chi connectivity index (χ1v) is 7.47. The predicted octanol–water partition coefficient (Wildman–Crippen LogP) is 2.35. The quantitative estimate of drug-likeness (QED) is 0.788. The van der Waals surface area contributed by atoms with Crippen molar-refractivity contribution < 1.29 is 0 Å². The topological polar surface area (TPSA) is 24.4 Å². The number of nitrogens with one attached hydrogen (secondary N) is 1. The van der Waals surface area contributed by atoms with Crippen LogP contribution in [0.2, 0.25) is 0 Å². The largest absolute Gasteiger partial charge is 0.361 e. The van der Waals surface area contributed by atoms with Gasteiger partial charge in [-0.3, -0.25) is 4.99 Å². The number of amidine groups is 1. The highest BCUT2D eigenvalue weighted by Gasteiger charge is 2.21. The fraction of sp³-hybridized carbons (Fsp3) is 0.900. The monoisotopic (exact) mass is 230 g/mol. The third kappa shape index (κ3) is 2.83. The summed E-state index contributed by atoms with van der Waals surface area (Å²) in [4.78, 5) is 4.54. The Labute approximate surface area is 94.7 Å². The molecule has 1 fully saturated rings. The maximum atomic E-state index is 4.54. The Bertz CT molecular complexity index is 212. The average molecular weight is 230 g/mol. The lowest BCUT2D eigenvalue weighted by molar-refractivity contribution is 0.597. The van der Waals surface area contributed by atoms with Gasteiger partial charge in [0, 0.05) is 17.0 Å². The number of aliphatic imine (C=N–C) groups is 1. The van der Waals surface area contributed by atoms with Crippen LogP contribution in [0.15, 0.2) is 4.99 Å². The Morgan fingerprint density at radius 2 is 2.50 bits per heavy atom. The van der Waals surface area contributed by atoms with Crippen molar-refractivity contribution in [1.82, 2.24) is 5.32 Å². The molecule has 2 nitrogen and oxygen atoms in total. The second-order valence-electron chi connectivity index (χ2n) is 3.85. The van der Waals surface area contributed by atoms with Gasteiger partial charge in [0.2, 0.25) is 0 Å². The second kappa shape index (κ2) is 5.31. The van der Waals surface area contributed by atoms with Crippen molar-refractivity contribution in [3.05, 3.63) is 0 Å². The summed E-state index contributed by atoms with van der Waals surface area (Å²) in [5.41, 5.74) is 0. The van der Waals surface area contributed by atoms with Crippen molar-refractivity contribution in [2.75, 3.05) is 18.1 Å². The zero-order valence-corrected chi connectivity index (χ0v) is 10.3. The summed E-state index contributed by atoms with van der Waals surface area (Å²) in [6, 6.07) is 0.676. The molecule has 80 valence electrons. The Balaban J connectivity index is 1.75. The third-order valence-electron chi connectivity index (χ3n) is 2.66. The van der Waals surface area contributed by atoms with Gasteiger partial charge in [-0.05, 0) is 25.0 Å². The van der Waals surface area contributed by atoms with Crippen LogP contribution in [-0.2, 0) is 0 Å². The summed E-state index contributed by atoms with van der Waals surface area (Å²) in [5, 5.41) is 5.50. The molecule has 0 spiro atoms. The van der Waals surface area contributed by atoms with Crippen molar-refractivity contribution in [3.63, 3.8) is 0 Å². The SMILES string of the molecule is CCC1CN=C(NC2CCCSC2)S1. The standard InChI is InChI=1S/C10H18N2S2/c1-2-9-6-11-10(14-9)12-8-4-3-5-13-7-8/h8-9H,2-7H2,1H3,(H,11,12). The van der Waals surface area contributed by atoms with E-state index >= 15 is 0 Å². The van der Waals surface area contributed by atoms with Crippen molar-refractivity contribution >= 4 is 28.7 Å². The van der Waals surface area contributed by atoms with E-state index in [2.05, 4.69) is 29.0 Å². The molecule has 0 bridgehead atoms. The molecule has 1 saturated heterocycles. The second-order valence-corrected chi connectivity index (χ2v) is 6.29. The van der Waals surface area contributed by atoms with Crippen LogP contribution in [0.5, 0.6) is 0 Å². The summed E-state index contributed by atoms with van der Waals surface area (Å²) in [7, 11) is 0. The van der Waals surface area contributed by atoms with E-state index in [1.165, 1.54) is 35.9 Å². The molecule has 1 N–H and O–H groups in total. The maximum Gasteiger partial charge on any atom is 0.157 e. The summed E-state index contributed by atoms with van der Waals surface area (Å²) in [6.45, 7) is 3.26. The van der Waals surface area contributed by atoms with Gasteiger partial charge in [-0.1, -0.05) is 18.7 Å². The van der Waals surface area contributed by atoms with Gasteiger partial charge in [0.15, 0.2) is 5.17 Å². The number of hydrogen-bond acceptors (Lipinski definition) is 4. The zero-order chi connectivity index (χ0) is 9.80. The minimum absolute atomic E-state index is 0.676. The first kappa shape index (κ1) is 10.7. The zero-order valence-electron chi connectivity index (χ0n) is 8.66. The van der Waals surface area contributed by atoms with Crippen LogP contribution in [0.25, 0.3) is 0 Å². The van der Waals surface area contributed by atoms with E-state index in [1.54, 1.807) is 0 Å². The molecule has 0 radical (unpaired) electrons. The van der Waals surface area contributed by atoms with Crippen molar-refractivity contribution in [3.8, 4) is 0 Å². The molecular weight excluding hydrogens is 212 g/mol. The maximum absolute atomic E-state index is 4.54. The van der Waals surface area contributed by atoms with Gasteiger partial charge in [-0.2, -0.15) is 11.8 Å². The molecule has 0 aliphatic carbocycles. The molecule has 0 aromatic heterocycles. The number of hydrogen-bond donors (Lipinski definition) is 1. The highest BCUT2D eigenvalue weighted by atomic mass is 32.2. The van der Waals surface area contributed by atoms with Crippen LogP contribution in [0.4, 0.5) is 0 Å². The van der Waals surface area contributed by atoms with Gasteiger partial charge in [-0.25, -0.2) is 0 Å². The number of nitrogens with zero attached hydrogens (tertiary/aromatic N) is 1. The molecule has 0 aromatic carbocycles. The van der Waals surface area contributed by atoms with Crippen LogP contribution in [0.1, 0.15) is 26.2 Å². The summed E-state index contributed by atoms with van der Waals surface area (Å²) in [6.07, 6.45) is 3.92. The molecule has 2 atom stereocenters. The third-order valence-corrected chi connectivity index (χ3v) is 5.16. The lowest BCUT2D eigenvalue weighted by atomic mass is 10.2. The van der Waals surface area contributed by atoms with Gasteiger partial charge in [-0.15, -0.1) is 0 Å². The molecule has 2 rings (SSSR count). The van der Waals surface area contributed by atoms with Crippen molar-refractivity contribution in [2.45, 2.75) is 37.5 Å². The molecule has 2 unspecified atom stereocenters. The number of rotatable bonds is 2. The summed E-state index contributed by atoms with van der Waals surface area (Å²) in [5.74, 6) is 2.60. The first-order valence-electron chi connectivity index (χ1n) is 5.44. The van der Waals surface area contributed by atoms with E-state index in [0.717, 1.165) is 11.8 Å². The van der Waals surface area contributed by atoms with E-state index in [9.17, 15) is 0 Å². The van der Waals surface area contributed by atoms with Gasteiger partial charge < -0.3 is 5.32 Å². The molecule has 0 amide bonds. The van der Waals surface area contributed by atoms with E-state index in [1.807, 2.05) is 11.8 Å². The van der Waals surface area contributed by atoms with Crippen LogP contribution >= 0.6 is 23.5 Å². The highest BCUT2D eigenvalue weighted by molar-refractivity contribution is 8.14. The van der Waals surface area contributed by atoms with Gasteiger partial charge >= 0.3 is 0 Å². The molecule has 0 saturated carbocycles. The minimum atomic E-state index is 0.676. The van der Waals surface area contributed by atoms with Gasteiger partial charge in [0.25, 0.3) is 0 Å². The lowest BCUT2D eigenvalue weighted by Gasteiger charge is -2.23. The van der Waals surface area contributed by atoms with Gasteiger partial charge in [0.1, 0.15) is 0 Å². The van der Waals surface area contributed by atoms with Crippen LogP contribution < -0.4 is 5.32 Å². The molecule has 14 heavy (non-hydrogen) atoms. The van der Waals surface area contributed by atoms with Gasteiger partial charge in [0.05, 0.1) is 6.54 Å². The van der Waals surface area contributed by atoms with Crippen molar-refractivity contribution in [1.29, 1.82) is 0 Å². The molecule has 2 aliphatic heterocycles. The summed E-state index contributed by atoms with van der Waals surface area (Å²) < 4.78 is 0. The summed E-state index contributed by atoms with van der Waals surface area (Å²) >= 11 is 4.00. The smallest absolute Gasteiger partial charge is 0.157 e. The van der Waals surface area contributed by atoms with E-state index < -0.39 is 0 Å². The Morgan fingerprint density at radius 1 is 1.57 bits per heavy atom.